The fourth-order valence-electron chi connectivity index (χ4n) is 2.73. The van der Waals surface area contributed by atoms with Crippen molar-refractivity contribution in [1.82, 2.24) is 5.32 Å². The SMILES string of the molecule is Cc1ccc(CCCC2CCCNCC2)cc1. The second-order valence-electron chi connectivity index (χ2n) is 5.42. The standard InChI is InChI=1S/C16H25N/c1-14-7-9-16(10-8-14)5-2-4-15-6-3-12-17-13-11-15/h7-10,15,17H,2-6,11-13H2,1H3. The highest BCUT2D eigenvalue weighted by Crippen LogP contribution is 2.20. The number of nitrogens with one attached hydrogen (secondary N) is 1. The monoisotopic (exact) mass is 231 g/mol. The zero-order valence-corrected chi connectivity index (χ0v) is 11.0. The molecule has 0 aliphatic carbocycles. The first-order valence-corrected chi connectivity index (χ1v) is 7.11. The van der Waals surface area contributed by atoms with Crippen LogP contribution in [0.4, 0.5) is 0 Å². The van der Waals surface area contributed by atoms with Gasteiger partial charge in [0, 0.05) is 0 Å². The molecule has 0 amide bonds. The number of hydrogen-bond acceptors (Lipinski definition) is 1. The summed E-state index contributed by atoms with van der Waals surface area (Å²) in [6.45, 7) is 4.62. The van der Waals surface area contributed by atoms with Crippen LogP contribution in [0.3, 0.4) is 0 Å². The lowest BCUT2D eigenvalue weighted by molar-refractivity contribution is 0.425. The molecule has 1 unspecified atom stereocenters. The Morgan fingerprint density at radius 1 is 1.12 bits per heavy atom. The molecule has 1 aliphatic heterocycles. The van der Waals surface area contributed by atoms with Gasteiger partial charge in [0.1, 0.15) is 0 Å². The maximum Gasteiger partial charge on any atom is -0.00463 e. The highest BCUT2D eigenvalue weighted by molar-refractivity contribution is 5.21. The summed E-state index contributed by atoms with van der Waals surface area (Å²) >= 11 is 0. The van der Waals surface area contributed by atoms with E-state index in [2.05, 4.69) is 36.5 Å². The summed E-state index contributed by atoms with van der Waals surface area (Å²) < 4.78 is 0. The van der Waals surface area contributed by atoms with E-state index in [0.717, 1.165) is 5.92 Å². The normalized spacial score (nSPS) is 21.1. The second kappa shape index (κ2) is 6.80. The van der Waals surface area contributed by atoms with Crippen LogP contribution in [0.5, 0.6) is 0 Å². The third kappa shape index (κ3) is 4.51. The Bertz CT molecular complexity index is 307. The minimum absolute atomic E-state index is 0.968. The first-order chi connectivity index (χ1) is 8.34. The molecule has 0 aromatic heterocycles. The molecule has 1 nitrogen and oxygen atoms in total. The van der Waals surface area contributed by atoms with Gasteiger partial charge >= 0.3 is 0 Å². The van der Waals surface area contributed by atoms with Crippen molar-refractivity contribution in [2.75, 3.05) is 13.1 Å². The topological polar surface area (TPSA) is 12.0 Å². The summed E-state index contributed by atoms with van der Waals surface area (Å²) in [4.78, 5) is 0. The lowest BCUT2D eigenvalue weighted by Gasteiger charge is -2.13. The molecule has 1 heteroatoms. The van der Waals surface area contributed by atoms with Gasteiger partial charge in [0.15, 0.2) is 0 Å². The maximum atomic E-state index is 3.49. The van der Waals surface area contributed by atoms with Crippen molar-refractivity contribution in [2.24, 2.45) is 5.92 Å². The van der Waals surface area contributed by atoms with E-state index in [-0.39, 0.29) is 0 Å². The van der Waals surface area contributed by atoms with E-state index < -0.39 is 0 Å². The Morgan fingerprint density at radius 3 is 2.76 bits per heavy atom. The molecule has 1 N–H and O–H groups in total. The van der Waals surface area contributed by atoms with E-state index in [0.29, 0.717) is 0 Å². The summed E-state index contributed by atoms with van der Waals surface area (Å²) in [5.74, 6) is 0.968. The Morgan fingerprint density at radius 2 is 1.94 bits per heavy atom. The van der Waals surface area contributed by atoms with Gasteiger partial charge in [-0.3, -0.25) is 0 Å². The molecule has 1 atom stereocenters. The predicted octanol–water partition coefficient (Wildman–Crippen LogP) is 3.71. The van der Waals surface area contributed by atoms with E-state index in [4.69, 9.17) is 0 Å². The first kappa shape index (κ1) is 12.6. The van der Waals surface area contributed by atoms with Crippen molar-refractivity contribution < 1.29 is 0 Å². The van der Waals surface area contributed by atoms with Crippen LogP contribution < -0.4 is 5.32 Å². The van der Waals surface area contributed by atoms with Crippen LogP contribution in [0.15, 0.2) is 24.3 Å². The highest BCUT2D eigenvalue weighted by Gasteiger charge is 2.11. The van der Waals surface area contributed by atoms with Crippen molar-refractivity contribution >= 4 is 0 Å². The van der Waals surface area contributed by atoms with Gasteiger partial charge in [-0.1, -0.05) is 36.2 Å². The second-order valence-corrected chi connectivity index (χ2v) is 5.42. The van der Waals surface area contributed by atoms with Gasteiger partial charge in [-0.25, -0.2) is 0 Å². The number of benzene rings is 1. The molecule has 1 aliphatic rings. The molecule has 1 fully saturated rings. The van der Waals surface area contributed by atoms with Crippen LogP contribution >= 0.6 is 0 Å². The van der Waals surface area contributed by atoms with Crippen molar-refractivity contribution in [1.29, 1.82) is 0 Å². The fraction of sp³-hybridized carbons (Fsp3) is 0.625. The van der Waals surface area contributed by atoms with Crippen molar-refractivity contribution in [3.63, 3.8) is 0 Å². The van der Waals surface area contributed by atoms with Crippen molar-refractivity contribution in [3.8, 4) is 0 Å². The van der Waals surface area contributed by atoms with Gasteiger partial charge in [-0.15, -0.1) is 0 Å². The van der Waals surface area contributed by atoms with Crippen LogP contribution in [0.2, 0.25) is 0 Å². The van der Waals surface area contributed by atoms with Gasteiger partial charge in [0.25, 0.3) is 0 Å². The molecule has 0 saturated carbocycles. The molecule has 1 aromatic rings. The Labute approximate surface area is 106 Å². The average Bonchev–Trinajstić information content (AvgIpc) is 2.60. The molecule has 0 radical (unpaired) electrons. The summed E-state index contributed by atoms with van der Waals surface area (Å²) in [6.07, 6.45) is 8.21. The Hall–Kier alpha value is -0.820. The van der Waals surface area contributed by atoms with E-state index in [1.54, 1.807) is 0 Å². The predicted molar refractivity (Wildman–Crippen MR) is 74.3 cm³/mol. The average molecular weight is 231 g/mol. The molecule has 1 saturated heterocycles. The van der Waals surface area contributed by atoms with Gasteiger partial charge in [0.05, 0.1) is 0 Å². The van der Waals surface area contributed by atoms with E-state index >= 15 is 0 Å². The lowest BCUT2D eigenvalue weighted by atomic mass is 9.93. The molecular weight excluding hydrogens is 206 g/mol. The van der Waals surface area contributed by atoms with Crippen LogP contribution in [0, 0.1) is 12.8 Å². The van der Waals surface area contributed by atoms with Crippen molar-refractivity contribution in [2.45, 2.75) is 45.4 Å². The maximum absolute atomic E-state index is 3.49. The van der Waals surface area contributed by atoms with Gasteiger partial charge in [0.2, 0.25) is 0 Å². The van der Waals surface area contributed by atoms with E-state index in [9.17, 15) is 0 Å². The van der Waals surface area contributed by atoms with E-state index in [1.807, 2.05) is 0 Å². The quantitative estimate of drug-likeness (QED) is 0.833. The van der Waals surface area contributed by atoms with Gasteiger partial charge in [-0.05, 0) is 63.6 Å². The third-order valence-electron chi connectivity index (χ3n) is 3.89. The molecule has 0 bridgehead atoms. The Balaban J connectivity index is 1.69. The number of rotatable bonds is 4. The third-order valence-corrected chi connectivity index (χ3v) is 3.89. The number of hydrogen-bond donors (Lipinski definition) is 1. The molecule has 94 valence electrons. The summed E-state index contributed by atoms with van der Waals surface area (Å²) in [6, 6.07) is 9.02. The van der Waals surface area contributed by atoms with Crippen LogP contribution in [-0.2, 0) is 6.42 Å². The zero-order valence-electron chi connectivity index (χ0n) is 11.0. The molecular formula is C16H25N. The highest BCUT2D eigenvalue weighted by atomic mass is 14.8. The minimum Gasteiger partial charge on any atom is -0.317 e. The fourth-order valence-corrected chi connectivity index (χ4v) is 2.73. The lowest BCUT2D eigenvalue weighted by Crippen LogP contribution is -2.14. The molecule has 1 aromatic carbocycles. The van der Waals surface area contributed by atoms with Crippen LogP contribution in [0.25, 0.3) is 0 Å². The van der Waals surface area contributed by atoms with Crippen LogP contribution in [-0.4, -0.2) is 13.1 Å². The zero-order chi connectivity index (χ0) is 11.9. The summed E-state index contributed by atoms with van der Waals surface area (Å²) in [7, 11) is 0. The summed E-state index contributed by atoms with van der Waals surface area (Å²) in [5, 5.41) is 3.49. The van der Waals surface area contributed by atoms with Gasteiger partial charge in [-0.2, -0.15) is 0 Å². The molecule has 17 heavy (non-hydrogen) atoms. The number of aryl methyl sites for hydroxylation is 2. The van der Waals surface area contributed by atoms with Crippen molar-refractivity contribution in [3.05, 3.63) is 35.4 Å². The summed E-state index contributed by atoms with van der Waals surface area (Å²) in [5.41, 5.74) is 2.87. The largest absolute Gasteiger partial charge is 0.317 e. The van der Waals surface area contributed by atoms with Gasteiger partial charge < -0.3 is 5.32 Å². The smallest absolute Gasteiger partial charge is 0.00463 e. The Kier molecular flexibility index (Phi) is 5.06. The first-order valence-electron chi connectivity index (χ1n) is 7.11. The molecule has 1 heterocycles. The molecule has 2 rings (SSSR count). The van der Waals surface area contributed by atoms with E-state index in [1.165, 1.54) is 62.7 Å². The van der Waals surface area contributed by atoms with Crippen LogP contribution in [0.1, 0.15) is 43.2 Å². The minimum atomic E-state index is 0.968. The molecule has 0 spiro atoms.